The Morgan fingerprint density at radius 2 is 2.00 bits per heavy atom. The zero-order valence-electron chi connectivity index (χ0n) is 12.6. The van der Waals surface area contributed by atoms with Gasteiger partial charge in [-0.05, 0) is 43.2 Å². The summed E-state index contributed by atoms with van der Waals surface area (Å²) in [6, 6.07) is 11.2. The van der Waals surface area contributed by atoms with Crippen LogP contribution in [-0.4, -0.2) is 13.0 Å². The van der Waals surface area contributed by atoms with Crippen molar-refractivity contribution in [2.75, 3.05) is 18.2 Å². The minimum atomic E-state index is -0.0744. The summed E-state index contributed by atoms with van der Waals surface area (Å²) in [5.41, 5.74) is 10.0. The van der Waals surface area contributed by atoms with Gasteiger partial charge >= 0.3 is 0 Å². The number of carbonyl (C=O) groups excluding carboxylic acids is 1. The zero-order valence-corrected chi connectivity index (χ0v) is 12.6. The van der Waals surface area contributed by atoms with Gasteiger partial charge in [0.25, 0.3) is 0 Å². The van der Waals surface area contributed by atoms with E-state index in [1.54, 1.807) is 13.2 Å². The first-order valence-electron chi connectivity index (χ1n) is 6.79. The summed E-state index contributed by atoms with van der Waals surface area (Å²) >= 11 is 0. The quantitative estimate of drug-likeness (QED) is 0.848. The number of benzene rings is 2. The highest BCUT2D eigenvalue weighted by Crippen LogP contribution is 2.29. The Kier molecular flexibility index (Phi) is 4.48. The van der Waals surface area contributed by atoms with Crippen LogP contribution in [0.25, 0.3) is 0 Å². The van der Waals surface area contributed by atoms with E-state index in [0.717, 1.165) is 28.1 Å². The molecule has 110 valence electrons. The lowest BCUT2D eigenvalue weighted by Gasteiger charge is -2.14. The lowest BCUT2D eigenvalue weighted by atomic mass is 10.1. The Bertz CT molecular complexity index is 666. The molecule has 0 aliphatic rings. The Balaban J connectivity index is 2.13. The van der Waals surface area contributed by atoms with Crippen molar-refractivity contribution in [3.05, 3.63) is 53.1 Å². The first-order valence-corrected chi connectivity index (χ1v) is 6.79. The fourth-order valence-electron chi connectivity index (χ4n) is 2.36. The Labute approximate surface area is 124 Å². The second kappa shape index (κ2) is 6.31. The van der Waals surface area contributed by atoms with Gasteiger partial charge in [-0.2, -0.15) is 0 Å². The third-order valence-electron chi connectivity index (χ3n) is 3.40. The number of nitrogens with two attached hydrogens (primary N) is 1. The van der Waals surface area contributed by atoms with Crippen LogP contribution < -0.4 is 15.8 Å². The molecule has 2 rings (SSSR count). The summed E-state index contributed by atoms with van der Waals surface area (Å²) in [7, 11) is 1.63. The van der Waals surface area contributed by atoms with E-state index in [1.165, 1.54) is 0 Å². The molecule has 0 heterocycles. The molecule has 3 N–H and O–H groups in total. The van der Waals surface area contributed by atoms with Gasteiger partial charge in [0, 0.05) is 16.9 Å². The first-order chi connectivity index (χ1) is 10.0. The lowest BCUT2D eigenvalue weighted by molar-refractivity contribution is -0.115. The number of nitrogen functional groups attached to an aromatic ring is 1. The minimum Gasteiger partial charge on any atom is -0.496 e. The van der Waals surface area contributed by atoms with Crippen molar-refractivity contribution >= 4 is 17.3 Å². The van der Waals surface area contributed by atoms with Gasteiger partial charge in [0.2, 0.25) is 5.91 Å². The third kappa shape index (κ3) is 3.54. The molecule has 0 saturated heterocycles. The summed E-state index contributed by atoms with van der Waals surface area (Å²) in [5, 5.41) is 2.92. The summed E-state index contributed by atoms with van der Waals surface area (Å²) in [6.45, 7) is 3.91. The van der Waals surface area contributed by atoms with E-state index < -0.39 is 0 Å². The fourth-order valence-corrected chi connectivity index (χ4v) is 2.36. The Morgan fingerprint density at radius 1 is 1.24 bits per heavy atom. The maximum Gasteiger partial charge on any atom is 0.228 e. The van der Waals surface area contributed by atoms with Crippen LogP contribution in [0.15, 0.2) is 36.4 Å². The van der Waals surface area contributed by atoms with E-state index in [4.69, 9.17) is 10.5 Å². The predicted molar refractivity (Wildman–Crippen MR) is 85.7 cm³/mol. The van der Waals surface area contributed by atoms with Gasteiger partial charge in [-0.1, -0.05) is 18.2 Å². The van der Waals surface area contributed by atoms with Crippen molar-refractivity contribution in [3.63, 3.8) is 0 Å². The molecule has 1 amide bonds. The number of rotatable bonds is 4. The number of hydrogen-bond acceptors (Lipinski definition) is 3. The van der Waals surface area contributed by atoms with Crippen LogP contribution >= 0.6 is 0 Å². The number of aryl methyl sites for hydroxylation is 1. The molecule has 0 atom stereocenters. The summed E-state index contributed by atoms with van der Waals surface area (Å²) in [5.74, 6) is 0.728. The molecule has 0 unspecified atom stereocenters. The molecule has 0 saturated carbocycles. The predicted octanol–water partition coefficient (Wildman–Crippen LogP) is 3.08. The fraction of sp³-hybridized carbons (Fsp3) is 0.235. The highest BCUT2D eigenvalue weighted by atomic mass is 16.5. The number of methoxy groups -OCH3 is 1. The molecular formula is C17H20N2O2. The Hall–Kier alpha value is -2.49. The molecule has 2 aromatic carbocycles. The molecule has 0 radical (unpaired) electrons. The van der Waals surface area contributed by atoms with E-state index in [9.17, 15) is 4.79 Å². The molecule has 2 aromatic rings. The Morgan fingerprint density at radius 3 is 2.67 bits per heavy atom. The number of amides is 1. The molecule has 0 aromatic heterocycles. The van der Waals surface area contributed by atoms with Crippen LogP contribution in [0, 0.1) is 13.8 Å². The first kappa shape index (κ1) is 14.9. The van der Waals surface area contributed by atoms with Gasteiger partial charge in [0.1, 0.15) is 5.75 Å². The molecule has 4 nitrogen and oxygen atoms in total. The van der Waals surface area contributed by atoms with Crippen LogP contribution in [0.5, 0.6) is 5.75 Å². The number of hydrogen-bond donors (Lipinski definition) is 2. The molecule has 0 aliphatic heterocycles. The van der Waals surface area contributed by atoms with Crippen molar-refractivity contribution in [1.29, 1.82) is 0 Å². The van der Waals surface area contributed by atoms with Gasteiger partial charge in [-0.25, -0.2) is 0 Å². The van der Waals surface area contributed by atoms with Crippen LogP contribution in [0.3, 0.4) is 0 Å². The average Bonchev–Trinajstić information content (AvgIpc) is 2.42. The van der Waals surface area contributed by atoms with E-state index >= 15 is 0 Å². The monoisotopic (exact) mass is 284 g/mol. The van der Waals surface area contributed by atoms with Crippen molar-refractivity contribution in [2.24, 2.45) is 0 Å². The van der Waals surface area contributed by atoms with Crippen LogP contribution in [0.4, 0.5) is 11.4 Å². The summed E-state index contributed by atoms with van der Waals surface area (Å²) < 4.78 is 5.36. The van der Waals surface area contributed by atoms with Crippen LogP contribution in [-0.2, 0) is 11.2 Å². The number of nitrogens with one attached hydrogen (secondary N) is 1. The topological polar surface area (TPSA) is 64.3 Å². The normalized spacial score (nSPS) is 10.2. The smallest absolute Gasteiger partial charge is 0.228 e. The maximum atomic E-state index is 12.1. The van der Waals surface area contributed by atoms with E-state index in [-0.39, 0.29) is 5.91 Å². The SMILES string of the molecule is COc1c(C)ccc(NC(=O)Cc2cccc(N)c2)c1C. The molecule has 0 bridgehead atoms. The lowest BCUT2D eigenvalue weighted by Crippen LogP contribution is -2.15. The van der Waals surface area contributed by atoms with Gasteiger partial charge in [-0.15, -0.1) is 0 Å². The maximum absolute atomic E-state index is 12.1. The van der Waals surface area contributed by atoms with Crippen LogP contribution in [0.1, 0.15) is 16.7 Å². The molecule has 0 spiro atoms. The zero-order chi connectivity index (χ0) is 15.4. The second-order valence-electron chi connectivity index (χ2n) is 5.06. The number of ether oxygens (including phenoxy) is 1. The molecular weight excluding hydrogens is 264 g/mol. The van der Waals surface area contributed by atoms with Gasteiger partial charge in [0.15, 0.2) is 0 Å². The number of carbonyl (C=O) groups is 1. The third-order valence-corrected chi connectivity index (χ3v) is 3.40. The second-order valence-corrected chi connectivity index (χ2v) is 5.06. The largest absolute Gasteiger partial charge is 0.496 e. The molecule has 21 heavy (non-hydrogen) atoms. The van der Waals surface area contributed by atoms with E-state index in [0.29, 0.717) is 12.1 Å². The van der Waals surface area contributed by atoms with E-state index in [2.05, 4.69) is 5.32 Å². The average molecular weight is 284 g/mol. The van der Waals surface area contributed by atoms with Crippen molar-refractivity contribution in [3.8, 4) is 5.75 Å². The molecule has 0 fully saturated rings. The van der Waals surface area contributed by atoms with Crippen molar-refractivity contribution in [2.45, 2.75) is 20.3 Å². The van der Waals surface area contributed by atoms with E-state index in [1.807, 2.05) is 44.2 Å². The van der Waals surface area contributed by atoms with Gasteiger partial charge in [0.05, 0.1) is 13.5 Å². The number of anilines is 2. The molecule has 0 aliphatic carbocycles. The minimum absolute atomic E-state index is 0.0744. The standard InChI is InChI=1S/C17H20N2O2/c1-11-7-8-15(12(2)17(11)21-3)19-16(20)10-13-5-4-6-14(18)9-13/h4-9H,10,18H2,1-3H3,(H,19,20). The molecule has 4 heteroatoms. The van der Waals surface area contributed by atoms with Crippen molar-refractivity contribution in [1.82, 2.24) is 0 Å². The highest BCUT2D eigenvalue weighted by Gasteiger charge is 2.11. The summed E-state index contributed by atoms with van der Waals surface area (Å²) in [6.07, 6.45) is 0.292. The van der Waals surface area contributed by atoms with Crippen molar-refractivity contribution < 1.29 is 9.53 Å². The van der Waals surface area contributed by atoms with Gasteiger partial charge < -0.3 is 15.8 Å². The summed E-state index contributed by atoms with van der Waals surface area (Å²) in [4.78, 5) is 12.1. The van der Waals surface area contributed by atoms with Gasteiger partial charge in [-0.3, -0.25) is 4.79 Å². The van der Waals surface area contributed by atoms with Crippen LogP contribution in [0.2, 0.25) is 0 Å². The highest BCUT2D eigenvalue weighted by molar-refractivity contribution is 5.93.